The van der Waals surface area contributed by atoms with Crippen LogP contribution in [0, 0.1) is 5.92 Å². The van der Waals surface area contributed by atoms with Crippen LogP contribution >= 0.6 is 0 Å². The second-order valence-electron chi connectivity index (χ2n) is 8.91. The maximum absolute atomic E-state index is 12.8. The molecule has 29 heavy (non-hydrogen) atoms. The summed E-state index contributed by atoms with van der Waals surface area (Å²) in [6.45, 7) is 1.35. The van der Waals surface area contributed by atoms with Gasteiger partial charge in [-0.2, -0.15) is 0 Å². The van der Waals surface area contributed by atoms with Crippen LogP contribution in [0.1, 0.15) is 62.8 Å². The standard InChI is InChI=1S/C23H34N2O3S/c1-29(27)24-21-8-5-15-25(23(26)19-9-10-19)22(21)16-28-20-13-11-18(12-14-20)17-6-3-2-4-7-17/h2-4,6-7,18-22,24H,5,8-16H2,1H3. The number of amides is 1. The molecule has 160 valence electrons. The van der Waals surface area contributed by atoms with Crippen LogP contribution in [0.2, 0.25) is 0 Å². The zero-order valence-electron chi connectivity index (χ0n) is 17.4. The Labute approximate surface area is 177 Å². The van der Waals surface area contributed by atoms with Gasteiger partial charge in [-0.15, -0.1) is 4.72 Å². The average molecular weight is 419 g/mol. The van der Waals surface area contributed by atoms with Gasteiger partial charge in [0.15, 0.2) is 0 Å². The van der Waals surface area contributed by atoms with Crippen molar-refractivity contribution < 1.29 is 14.1 Å². The van der Waals surface area contributed by atoms with E-state index < -0.39 is 11.4 Å². The van der Waals surface area contributed by atoms with Crippen LogP contribution in [0.3, 0.4) is 0 Å². The molecule has 4 rings (SSSR count). The van der Waals surface area contributed by atoms with Gasteiger partial charge in [-0.3, -0.25) is 4.79 Å². The monoisotopic (exact) mass is 418 g/mol. The number of piperidine rings is 1. The Morgan fingerprint density at radius 1 is 1.14 bits per heavy atom. The Kier molecular flexibility index (Phi) is 7.16. The van der Waals surface area contributed by atoms with Crippen LogP contribution in [-0.4, -0.2) is 53.0 Å². The fraction of sp³-hybridized carbons (Fsp3) is 0.696. The molecule has 0 aromatic heterocycles. The molecule has 3 atom stereocenters. The number of carbonyl (C=O) groups is 1. The lowest BCUT2D eigenvalue weighted by molar-refractivity contribution is -0.139. The van der Waals surface area contributed by atoms with Crippen LogP contribution in [0.5, 0.6) is 0 Å². The quantitative estimate of drug-likeness (QED) is 0.690. The van der Waals surface area contributed by atoms with Crippen LogP contribution in [0.4, 0.5) is 0 Å². The summed E-state index contributed by atoms with van der Waals surface area (Å²) in [5, 5.41) is 0. The first kappa shape index (κ1) is 21.2. The van der Waals surface area contributed by atoms with Gasteiger partial charge in [-0.1, -0.05) is 30.3 Å². The highest BCUT2D eigenvalue weighted by molar-refractivity contribution is 7.88. The number of likely N-dealkylation sites (tertiary alicyclic amines) is 1. The molecule has 1 saturated heterocycles. The van der Waals surface area contributed by atoms with Crippen molar-refractivity contribution in [2.45, 2.75) is 75.5 Å². The van der Waals surface area contributed by atoms with Crippen LogP contribution in [0.15, 0.2) is 30.3 Å². The molecule has 1 aromatic rings. The summed E-state index contributed by atoms with van der Waals surface area (Å²) < 4.78 is 21.4. The zero-order valence-corrected chi connectivity index (χ0v) is 18.2. The van der Waals surface area contributed by atoms with Gasteiger partial charge in [0.2, 0.25) is 5.91 Å². The lowest BCUT2D eigenvalue weighted by Gasteiger charge is -2.42. The highest BCUT2D eigenvalue weighted by Crippen LogP contribution is 2.36. The van der Waals surface area contributed by atoms with Gasteiger partial charge < -0.3 is 14.2 Å². The summed E-state index contributed by atoms with van der Waals surface area (Å²) in [4.78, 5) is 14.8. The Morgan fingerprint density at radius 2 is 1.86 bits per heavy atom. The minimum atomic E-state index is -1.08. The van der Waals surface area contributed by atoms with E-state index >= 15 is 0 Å². The molecule has 5 nitrogen and oxygen atoms in total. The number of ether oxygens (including phenoxy) is 1. The molecule has 1 N–H and O–H groups in total. The van der Waals surface area contributed by atoms with Crippen molar-refractivity contribution in [2.75, 3.05) is 19.4 Å². The molecule has 0 radical (unpaired) electrons. The van der Waals surface area contributed by atoms with E-state index in [1.807, 2.05) is 4.90 Å². The highest BCUT2D eigenvalue weighted by atomic mass is 32.2. The summed E-state index contributed by atoms with van der Waals surface area (Å²) in [5.41, 5.74) is 1.44. The van der Waals surface area contributed by atoms with Gasteiger partial charge in [0.05, 0.1) is 24.8 Å². The van der Waals surface area contributed by atoms with Gasteiger partial charge in [-0.25, -0.2) is 0 Å². The molecule has 2 saturated carbocycles. The Bertz CT molecular complexity index is 659. The van der Waals surface area contributed by atoms with Crippen molar-refractivity contribution in [1.82, 2.24) is 9.62 Å². The van der Waals surface area contributed by atoms with E-state index in [9.17, 15) is 9.35 Å². The molecule has 3 fully saturated rings. The third-order valence-electron chi connectivity index (χ3n) is 6.75. The minimum absolute atomic E-state index is 0.00685. The van der Waals surface area contributed by atoms with Crippen molar-refractivity contribution in [3.05, 3.63) is 35.9 Å². The Hall–Kier alpha value is -1.08. The maximum atomic E-state index is 12.8. The van der Waals surface area contributed by atoms with Crippen molar-refractivity contribution in [3.63, 3.8) is 0 Å². The smallest absolute Gasteiger partial charge is 0.226 e. The number of hydrogen-bond acceptors (Lipinski definition) is 4. The molecule has 1 heterocycles. The van der Waals surface area contributed by atoms with E-state index in [4.69, 9.17) is 4.74 Å². The van der Waals surface area contributed by atoms with Crippen LogP contribution in [0.25, 0.3) is 0 Å². The third-order valence-corrected chi connectivity index (χ3v) is 7.39. The van der Waals surface area contributed by atoms with Gasteiger partial charge in [-0.05, 0) is 62.8 Å². The number of carbonyl (C=O) groups excluding carboxylic acids is 1. The first-order valence-electron chi connectivity index (χ1n) is 11.2. The number of benzene rings is 1. The van der Waals surface area contributed by atoms with E-state index in [1.165, 1.54) is 5.56 Å². The second-order valence-corrected chi connectivity index (χ2v) is 10.1. The summed E-state index contributed by atoms with van der Waals surface area (Å²) in [6.07, 6.45) is 10.3. The fourth-order valence-electron chi connectivity index (χ4n) is 4.97. The molecule has 1 aromatic carbocycles. The van der Waals surface area contributed by atoms with Gasteiger partial charge >= 0.3 is 0 Å². The Morgan fingerprint density at radius 3 is 2.52 bits per heavy atom. The van der Waals surface area contributed by atoms with Crippen LogP contribution in [-0.2, 0) is 20.9 Å². The molecular formula is C23H34N2O3S. The van der Waals surface area contributed by atoms with Crippen molar-refractivity contribution in [2.24, 2.45) is 5.92 Å². The topological polar surface area (TPSA) is 64.6 Å². The SMILES string of the molecule is C[S+]([O-])NC1CCCN(C(=O)C2CC2)C1COC1CCC(c2ccccc2)CC1. The molecule has 0 spiro atoms. The maximum Gasteiger partial charge on any atom is 0.226 e. The molecule has 3 aliphatic rings. The van der Waals surface area contributed by atoms with E-state index in [0.29, 0.717) is 12.5 Å². The van der Waals surface area contributed by atoms with E-state index in [-0.39, 0.29) is 30.0 Å². The van der Waals surface area contributed by atoms with Crippen molar-refractivity contribution in [1.29, 1.82) is 0 Å². The first-order valence-corrected chi connectivity index (χ1v) is 12.7. The number of rotatable bonds is 7. The third kappa shape index (κ3) is 5.54. The lowest BCUT2D eigenvalue weighted by atomic mass is 9.83. The van der Waals surface area contributed by atoms with Gasteiger partial charge in [0.25, 0.3) is 0 Å². The normalized spacial score (nSPS) is 31.4. The molecule has 0 bridgehead atoms. The van der Waals surface area contributed by atoms with Crippen LogP contribution < -0.4 is 4.72 Å². The molecule has 2 aliphatic carbocycles. The molecule has 1 amide bonds. The molecule has 1 aliphatic heterocycles. The molecular weight excluding hydrogens is 384 g/mol. The minimum Gasteiger partial charge on any atom is -0.598 e. The first-order chi connectivity index (χ1) is 14.1. The number of hydrogen-bond donors (Lipinski definition) is 1. The van der Waals surface area contributed by atoms with E-state index in [0.717, 1.165) is 57.9 Å². The molecule has 6 heteroatoms. The van der Waals surface area contributed by atoms with E-state index in [1.54, 1.807) is 6.26 Å². The largest absolute Gasteiger partial charge is 0.598 e. The molecule has 3 unspecified atom stereocenters. The predicted molar refractivity (Wildman–Crippen MR) is 116 cm³/mol. The van der Waals surface area contributed by atoms with Gasteiger partial charge in [0, 0.05) is 23.8 Å². The van der Waals surface area contributed by atoms with Crippen molar-refractivity contribution >= 4 is 17.3 Å². The second kappa shape index (κ2) is 9.82. The lowest BCUT2D eigenvalue weighted by Crippen LogP contribution is -2.59. The summed E-state index contributed by atoms with van der Waals surface area (Å²) >= 11 is -1.08. The van der Waals surface area contributed by atoms with Crippen molar-refractivity contribution in [3.8, 4) is 0 Å². The fourth-order valence-corrected chi connectivity index (χ4v) is 5.68. The number of nitrogens with zero attached hydrogens (tertiary/aromatic N) is 1. The average Bonchev–Trinajstić information content (AvgIpc) is 3.58. The van der Waals surface area contributed by atoms with Gasteiger partial charge in [0.1, 0.15) is 6.26 Å². The summed E-state index contributed by atoms with van der Waals surface area (Å²) in [6, 6.07) is 10.8. The number of nitrogens with one attached hydrogen (secondary N) is 1. The summed E-state index contributed by atoms with van der Waals surface area (Å²) in [5.74, 6) is 1.13. The zero-order chi connectivity index (χ0) is 20.2. The van der Waals surface area contributed by atoms with E-state index in [2.05, 4.69) is 35.1 Å². The Balaban J connectivity index is 1.33. The highest BCUT2D eigenvalue weighted by Gasteiger charge is 2.42. The summed E-state index contributed by atoms with van der Waals surface area (Å²) in [7, 11) is 0. The predicted octanol–water partition coefficient (Wildman–Crippen LogP) is 3.38.